The molecule has 4 unspecified atom stereocenters. The smallest absolute Gasteiger partial charge is 0.309 e. The lowest BCUT2D eigenvalue weighted by molar-refractivity contribution is -0.260. The summed E-state index contributed by atoms with van der Waals surface area (Å²) in [5, 5.41) is 21.2. The van der Waals surface area contributed by atoms with Crippen LogP contribution in [0.1, 0.15) is 87.5 Å². The fourth-order valence-electron chi connectivity index (χ4n) is 4.68. The van der Waals surface area contributed by atoms with Gasteiger partial charge in [0.2, 0.25) is 0 Å². The summed E-state index contributed by atoms with van der Waals surface area (Å²) < 4.78 is 5.84. The average Bonchev–Trinajstić information content (AvgIpc) is 2.55. The highest BCUT2D eigenvalue weighted by atomic mass is 16.5. The van der Waals surface area contributed by atoms with Crippen LogP contribution in [0.4, 0.5) is 0 Å². The zero-order valence-electron chi connectivity index (χ0n) is 19.0. The lowest BCUT2D eigenvalue weighted by Crippen LogP contribution is -2.60. The summed E-state index contributed by atoms with van der Waals surface area (Å²) in [7, 11) is 0. The molecule has 0 spiro atoms. The summed E-state index contributed by atoms with van der Waals surface area (Å²) in [5.41, 5.74) is -0.935. The Morgan fingerprint density at radius 3 is 2.00 bits per heavy atom. The molecule has 0 bridgehead atoms. The number of piperidine rings is 1. The Labute approximate surface area is 170 Å². The second-order valence-corrected chi connectivity index (χ2v) is 10.1. The van der Waals surface area contributed by atoms with Crippen LogP contribution in [-0.2, 0) is 14.3 Å². The monoisotopic (exact) mass is 399 g/mol. The number of ether oxygens (including phenoxy) is 1. The first-order valence-electron chi connectivity index (χ1n) is 10.7. The van der Waals surface area contributed by atoms with E-state index in [0.29, 0.717) is 25.7 Å². The van der Waals surface area contributed by atoms with E-state index in [9.17, 15) is 19.9 Å². The molecule has 2 N–H and O–H groups in total. The van der Waals surface area contributed by atoms with Gasteiger partial charge in [0, 0.05) is 23.9 Å². The third-order valence-corrected chi connectivity index (χ3v) is 6.46. The molecule has 0 amide bonds. The lowest BCUT2D eigenvalue weighted by atomic mass is 9.79. The van der Waals surface area contributed by atoms with Gasteiger partial charge in [-0.15, -0.1) is 0 Å². The second kappa shape index (κ2) is 9.57. The van der Waals surface area contributed by atoms with E-state index in [4.69, 9.17) is 4.74 Å². The number of hydroxylamine groups is 2. The maximum Gasteiger partial charge on any atom is 0.309 e. The van der Waals surface area contributed by atoms with Crippen LogP contribution in [0, 0.1) is 23.7 Å². The van der Waals surface area contributed by atoms with Crippen LogP contribution in [-0.4, -0.2) is 44.5 Å². The number of carbonyl (C=O) groups excluding carboxylic acids is 1. The number of nitrogens with zero attached hydrogens (tertiary/aromatic N) is 1. The zero-order chi connectivity index (χ0) is 21.9. The summed E-state index contributed by atoms with van der Waals surface area (Å²) in [6.45, 7) is 15.6. The van der Waals surface area contributed by atoms with Gasteiger partial charge in [-0.1, -0.05) is 34.1 Å². The molecule has 1 aliphatic rings. The number of hydrogen-bond acceptors (Lipinski definition) is 5. The number of carboxylic acids is 1. The van der Waals surface area contributed by atoms with Crippen LogP contribution in [0.25, 0.3) is 0 Å². The van der Waals surface area contributed by atoms with E-state index in [1.54, 1.807) is 0 Å². The van der Waals surface area contributed by atoms with Crippen LogP contribution < -0.4 is 0 Å². The van der Waals surface area contributed by atoms with Crippen molar-refractivity contribution >= 4 is 11.9 Å². The molecule has 0 aromatic heterocycles. The molecule has 0 saturated carbocycles. The summed E-state index contributed by atoms with van der Waals surface area (Å²) in [6, 6.07) is 0. The van der Waals surface area contributed by atoms with Crippen LogP contribution in [0.3, 0.4) is 0 Å². The Morgan fingerprint density at radius 1 is 1.07 bits per heavy atom. The van der Waals surface area contributed by atoms with Crippen molar-refractivity contribution in [1.82, 2.24) is 5.06 Å². The van der Waals surface area contributed by atoms with Crippen LogP contribution in [0.5, 0.6) is 0 Å². The molecule has 4 atom stereocenters. The van der Waals surface area contributed by atoms with Gasteiger partial charge in [0.25, 0.3) is 0 Å². The number of rotatable bonds is 9. The maximum atomic E-state index is 12.8. The van der Waals surface area contributed by atoms with Crippen molar-refractivity contribution in [2.75, 3.05) is 0 Å². The molecule has 1 aliphatic heterocycles. The Bertz CT molecular complexity index is 527. The zero-order valence-corrected chi connectivity index (χ0v) is 19.0. The third kappa shape index (κ3) is 6.18. The minimum absolute atomic E-state index is 0.0122. The summed E-state index contributed by atoms with van der Waals surface area (Å²) in [5.74, 6) is -1.59. The first kappa shape index (κ1) is 24.9. The number of aliphatic carboxylic acids is 1. The lowest BCUT2D eigenvalue weighted by Gasteiger charge is -2.51. The normalized spacial score (nSPS) is 24.2. The van der Waals surface area contributed by atoms with Crippen LogP contribution in [0.15, 0.2) is 0 Å². The van der Waals surface area contributed by atoms with Crippen molar-refractivity contribution in [2.45, 2.75) is 105 Å². The van der Waals surface area contributed by atoms with E-state index in [1.807, 2.05) is 55.4 Å². The molecule has 1 rings (SSSR count). The van der Waals surface area contributed by atoms with E-state index in [0.717, 1.165) is 6.42 Å². The minimum atomic E-state index is -0.753. The van der Waals surface area contributed by atoms with Crippen molar-refractivity contribution < 1.29 is 24.6 Å². The molecule has 1 heterocycles. The molecule has 6 nitrogen and oxygen atoms in total. The fourth-order valence-corrected chi connectivity index (χ4v) is 4.68. The first-order chi connectivity index (χ1) is 12.7. The molecule has 0 aromatic carbocycles. The molecule has 0 aromatic rings. The molecule has 1 fully saturated rings. The number of carboxylic acid groups (broad SMARTS) is 1. The molecule has 1 saturated heterocycles. The van der Waals surface area contributed by atoms with Crippen molar-refractivity contribution in [3.8, 4) is 0 Å². The molecular formula is C22H41NO5. The Hall–Kier alpha value is -1.14. The van der Waals surface area contributed by atoms with Crippen LogP contribution in [0.2, 0.25) is 0 Å². The highest BCUT2D eigenvalue weighted by Gasteiger charge is 2.46. The second-order valence-electron chi connectivity index (χ2n) is 10.1. The fraction of sp³-hybridized carbons (Fsp3) is 0.909. The summed E-state index contributed by atoms with van der Waals surface area (Å²) >= 11 is 0. The van der Waals surface area contributed by atoms with Gasteiger partial charge in [-0.05, 0) is 52.4 Å². The number of carbonyl (C=O) groups is 2. The molecule has 0 aliphatic carbocycles. The first-order valence-corrected chi connectivity index (χ1v) is 10.7. The molecule has 164 valence electrons. The summed E-state index contributed by atoms with van der Waals surface area (Å²) in [4.78, 5) is 24.3. The van der Waals surface area contributed by atoms with Gasteiger partial charge >= 0.3 is 11.9 Å². The van der Waals surface area contributed by atoms with Gasteiger partial charge in [-0.2, -0.15) is 5.06 Å². The van der Waals surface area contributed by atoms with E-state index in [1.165, 1.54) is 5.06 Å². The Kier molecular flexibility index (Phi) is 8.51. The highest BCUT2D eigenvalue weighted by Crippen LogP contribution is 2.38. The van der Waals surface area contributed by atoms with E-state index < -0.39 is 17.0 Å². The predicted octanol–water partition coefficient (Wildman–Crippen LogP) is 4.74. The maximum absolute atomic E-state index is 12.8. The topological polar surface area (TPSA) is 87.1 Å². The molecule has 0 radical (unpaired) electrons. The van der Waals surface area contributed by atoms with E-state index >= 15 is 0 Å². The Balaban J connectivity index is 2.70. The van der Waals surface area contributed by atoms with E-state index in [-0.39, 0.29) is 35.7 Å². The van der Waals surface area contributed by atoms with Gasteiger partial charge in [-0.3, -0.25) is 9.59 Å². The van der Waals surface area contributed by atoms with Crippen molar-refractivity contribution in [1.29, 1.82) is 0 Å². The standard InChI is InChI=1S/C22H41NO5/c1-9-10-18(19(24)25)15(3)11-14(2)16(4)20(26)28-17-12-21(5,6)23(27)22(7,8)13-17/h14-18,27H,9-13H2,1-8H3,(H,24,25). The highest BCUT2D eigenvalue weighted by molar-refractivity contribution is 5.72. The van der Waals surface area contributed by atoms with Crippen molar-refractivity contribution in [3.05, 3.63) is 0 Å². The Morgan fingerprint density at radius 2 is 1.57 bits per heavy atom. The molecule has 6 heteroatoms. The number of hydrogen-bond donors (Lipinski definition) is 2. The van der Waals surface area contributed by atoms with Gasteiger partial charge < -0.3 is 15.1 Å². The average molecular weight is 400 g/mol. The quantitative estimate of drug-likeness (QED) is 0.545. The summed E-state index contributed by atoms with van der Waals surface area (Å²) in [6.07, 6.45) is 3.09. The van der Waals surface area contributed by atoms with Gasteiger partial charge in [0.1, 0.15) is 6.10 Å². The number of esters is 1. The minimum Gasteiger partial charge on any atom is -0.481 e. The van der Waals surface area contributed by atoms with Gasteiger partial charge in [0.15, 0.2) is 0 Å². The van der Waals surface area contributed by atoms with Crippen molar-refractivity contribution in [2.24, 2.45) is 23.7 Å². The van der Waals surface area contributed by atoms with Gasteiger partial charge in [0.05, 0.1) is 11.8 Å². The predicted molar refractivity (Wildman–Crippen MR) is 109 cm³/mol. The molecule has 28 heavy (non-hydrogen) atoms. The van der Waals surface area contributed by atoms with Gasteiger partial charge in [-0.25, -0.2) is 0 Å². The van der Waals surface area contributed by atoms with Crippen molar-refractivity contribution in [3.63, 3.8) is 0 Å². The molecular weight excluding hydrogens is 358 g/mol. The SMILES string of the molecule is CCCC(C(=O)O)C(C)CC(C)C(C)C(=O)OC1CC(C)(C)N(O)C(C)(C)C1. The van der Waals surface area contributed by atoms with E-state index in [2.05, 4.69) is 0 Å². The largest absolute Gasteiger partial charge is 0.481 e. The third-order valence-electron chi connectivity index (χ3n) is 6.46. The van der Waals surface area contributed by atoms with Crippen LogP contribution >= 0.6 is 0 Å².